The molecule has 0 aliphatic heterocycles. The van der Waals surface area contributed by atoms with Gasteiger partial charge in [0.25, 0.3) is 0 Å². The Morgan fingerprint density at radius 3 is 1.90 bits per heavy atom. The normalized spacial score (nSPS) is 10.8. The maximum Gasteiger partial charge on any atom is 0.344 e. The molecule has 0 bridgehead atoms. The molecule has 0 heterocycles. The number of benzene rings is 3. The van der Waals surface area contributed by atoms with Gasteiger partial charge in [-0.1, -0.05) is 64.8 Å². The summed E-state index contributed by atoms with van der Waals surface area (Å²) in [6, 6.07) is 21.6. The maximum absolute atomic E-state index is 10.6. The van der Waals surface area contributed by atoms with Gasteiger partial charge in [0.1, 0.15) is 24.7 Å². The zero-order valence-corrected chi connectivity index (χ0v) is 17.6. The van der Waals surface area contributed by atoms with Crippen LogP contribution in [-0.4, -0.2) is 23.9 Å². The van der Waals surface area contributed by atoms with Gasteiger partial charge in [0.15, 0.2) is 0 Å². The molecule has 6 heteroatoms. The quantitative estimate of drug-likeness (QED) is 0.374. The van der Waals surface area contributed by atoms with Crippen LogP contribution in [0.4, 0.5) is 0 Å². The van der Waals surface area contributed by atoms with Crippen molar-refractivity contribution in [3.63, 3.8) is 0 Å². The highest BCUT2D eigenvalue weighted by Gasteiger charge is 2.05. The SMILES string of the molecule is Cc1cccc(COc2cc(C=NOCC(=O)O)cc(OCc3cccc(C)c3)c2)c1. The standard InChI is InChI=1S/C25H25NO5/c1-18-5-3-7-20(9-18)15-29-23-11-22(14-26-31-17-25(27)28)12-24(13-23)30-16-21-8-4-6-19(2)10-21/h3-14H,15-17H2,1-2H3,(H,27,28). The topological polar surface area (TPSA) is 77.4 Å². The minimum absolute atomic E-state index is 0.412. The van der Waals surface area contributed by atoms with Crippen molar-refractivity contribution in [3.05, 3.63) is 94.5 Å². The summed E-state index contributed by atoms with van der Waals surface area (Å²) >= 11 is 0. The molecule has 0 aliphatic rings. The van der Waals surface area contributed by atoms with Gasteiger partial charge in [0.05, 0.1) is 6.21 Å². The lowest BCUT2D eigenvalue weighted by Gasteiger charge is -2.12. The summed E-state index contributed by atoms with van der Waals surface area (Å²) in [5, 5.41) is 12.4. The predicted octanol–water partition coefficient (Wildman–Crippen LogP) is 4.90. The molecule has 0 radical (unpaired) electrons. The number of carboxylic acid groups (broad SMARTS) is 1. The lowest BCUT2D eigenvalue weighted by atomic mass is 10.1. The van der Waals surface area contributed by atoms with E-state index >= 15 is 0 Å². The molecule has 1 N–H and O–H groups in total. The molecule has 0 amide bonds. The van der Waals surface area contributed by atoms with Crippen LogP contribution in [0, 0.1) is 13.8 Å². The Morgan fingerprint density at radius 2 is 1.42 bits per heavy atom. The van der Waals surface area contributed by atoms with Gasteiger partial charge in [-0.3, -0.25) is 0 Å². The van der Waals surface area contributed by atoms with Crippen LogP contribution in [0.25, 0.3) is 0 Å². The van der Waals surface area contributed by atoms with Gasteiger partial charge in [-0.25, -0.2) is 4.79 Å². The molecule has 0 aliphatic carbocycles. The number of carbonyl (C=O) groups is 1. The number of ether oxygens (including phenoxy) is 2. The lowest BCUT2D eigenvalue weighted by molar-refractivity contribution is -0.142. The van der Waals surface area contributed by atoms with E-state index in [0.29, 0.717) is 30.3 Å². The van der Waals surface area contributed by atoms with E-state index in [2.05, 4.69) is 17.3 Å². The number of aryl methyl sites for hydroxylation is 2. The third-order valence-electron chi connectivity index (χ3n) is 4.34. The molecule has 160 valence electrons. The monoisotopic (exact) mass is 419 g/mol. The van der Waals surface area contributed by atoms with Crippen molar-refractivity contribution in [2.45, 2.75) is 27.1 Å². The number of hydrogen-bond acceptors (Lipinski definition) is 5. The van der Waals surface area contributed by atoms with E-state index in [1.165, 1.54) is 17.3 Å². The fraction of sp³-hybridized carbons (Fsp3) is 0.200. The molecule has 0 fully saturated rings. The van der Waals surface area contributed by atoms with E-state index in [-0.39, 0.29) is 0 Å². The van der Waals surface area contributed by atoms with Gasteiger partial charge < -0.3 is 19.4 Å². The Morgan fingerprint density at radius 1 is 0.871 bits per heavy atom. The van der Waals surface area contributed by atoms with Crippen LogP contribution in [-0.2, 0) is 22.8 Å². The van der Waals surface area contributed by atoms with E-state index < -0.39 is 12.6 Å². The summed E-state index contributed by atoms with van der Waals surface area (Å²) in [6.07, 6.45) is 1.43. The molecule has 0 aromatic heterocycles. The van der Waals surface area contributed by atoms with Crippen LogP contribution < -0.4 is 9.47 Å². The van der Waals surface area contributed by atoms with Crippen LogP contribution >= 0.6 is 0 Å². The van der Waals surface area contributed by atoms with Gasteiger partial charge in [-0.05, 0) is 37.1 Å². The van der Waals surface area contributed by atoms with Crippen molar-refractivity contribution in [1.82, 2.24) is 0 Å². The minimum Gasteiger partial charge on any atom is -0.489 e. The van der Waals surface area contributed by atoms with Crippen molar-refractivity contribution in [2.75, 3.05) is 6.61 Å². The third-order valence-corrected chi connectivity index (χ3v) is 4.34. The van der Waals surface area contributed by atoms with E-state index in [1.54, 1.807) is 12.1 Å². The first-order chi connectivity index (χ1) is 15.0. The van der Waals surface area contributed by atoms with Crippen LogP contribution in [0.3, 0.4) is 0 Å². The number of oxime groups is 1. The highest BCUT2D eigenvalue weighted by atomic mass is 16.6. The summed E-state index contributed by atoms with van der Waals surface area (Å²) in [6.45, 7) is 4.39. The summed E-state index contributed by atoms with van der Waals surface area (Å²) in [5.74, 6) is 0.139. The van der Waals surface area contributed by atoms with Gasteiger partial charge in [-0.2, -0.15) is 0 Å². The molecule has 0 atom stereocenters. The van der Waals surface area contributed by atoms with E-state index in [1.807, 2.05) is 56.3 Å². The van der Waals surface area contributed by atoms with Gasteiger partial charge in [0, 0.05) is 11.6 Å². The third kappa shape index (κ3) is 7.51. The molecular weight excluding hydrogens is 394 g/mol. The van der Waals surface area contributed by atoms with E-state index in [4.69, 9.17) is 19.4 Å². The molecule has 0 unspecified atom stereocenters. The highest BCUT2D eigenvalue weighted by Crippen LogP contribution is 2.24. The first-order valence-electron chi connectivity index (χ1n) is 9.87. The van der Waals surface area contributed by atoms with Crippen LogP contribution in [0.1, 0.15) is 27.8 Å². The molecule has 0 saturated carbocycles. The maximum atomic E-state index is 10.6. The number of aliphatic carboxylic acids is 1. The molecule has 0 saturated heterocycles. The Bertz CT molecular complexity index is 994. The smallest absolute Gasteiger partial charge is 0.344 e. The van der Waals surface area contributed by atoms with Crippen molar-refractivity contribution >= 4 is 12.2 Å². The Kier molecular flexibility index (Phi) is 7.65. The first-order valence-corrected chi connectivity index (χ1v) is 9.87. The zero-order chi connectivity index (χ0) is 22.1. The Balaban J connectivity index is 1.74. The molecule has 6 nitrogen and oxygen atoms in total. The van der Waals surface area contributed by atoms with Crippen molar-refractivity contribution in [2.24, 2.45) is 5.16 Å². The van der Waals surface area contributed by atoms with Crippen molar-refractivity contribution < 1.29 is 24.2 Å². The molecule has 0 spiro atoms. The number of nitrogens with zero attached hydrogens (tertiary/aromatic N) is 1. The Labute approximate surface area is 181 Å². The van der Waals surface area contributed by atoms with Crippen LogP contribution in [0.5, 0.6) is 11.5 Å². The largest absolute Gasteiger partial charge is 0.489 e. The van der Waals surface area contributed by atoms with Crippen LogP contribution in [0.15, 0.2) is 71.9 Å². The van der Waals surface area contributed by atoms with Crippen molar-refractivity contribution in [1.29, 1.82) is 0 Å². The molecule has 3 aromatic rings. The summed E-state index contributed by atoms with van der Waals surface area (Å²) in [4.78, 5) is 15.3. The lowest BCUT2D eigenvalue weighted by Crippen LogP contribution is -2.03. The second kappa shape index (κ2) is 10.8. The summed E-state index contributed by atoms with van der Waals surface area (Å²) in [7, 11) is 0. The molecule has 3 aromatic carbocycles. The fourth-order valence-electron chi connectivity index (χ4n) is 2.96. The average Bonchev–Trinajstić information content (AvgIpc) is 2.74. The number of carboxylic acids is 1. The molecular formula is C25H25NO5. The van der Waals surface area contributed by atoms with Gasteiger partial charge in [-0.15, -0.1) is 0 Å². The minimum atomic E-state index is -1.09. The van der Waals surface area contributed by atoms with Crippen LogP contribution in [0.2, 0.25) is 0 Å². The Hall–Kier alpha value is -3.80. The second-order valence-electron chi connectivity index (χ2n) is 7.19. The van der Waals surface area contributed by atoms with E-state index in [9.17, 15) is 4.79 Å². The van der Waals surface area contributed by atoms with Gasteiger partial charge >= 0.3 is 5.97 Å². The fourth-order valence-corrected chi connectivity index (χ4v) is 2.96. The van der Waals surface area contributed by atoms with Gasteiger partial charge in [0.2, 0.25) is 6.61 Å². The predicted molar refractivity (Wildman–Crippen MR) is 119 cm³/mol. The molecule has 3 rings (SSSR count). The van der Waals surface area contributed by atoms with E-state index in [0.717, 1.165) is 11.1 Å². The first kappa shape index (κ1) is 21.9. The summed E-state index contributed by atoms with van der Waals surface area (Å²) < 4.78 is 11.9. The number of rotatable bonds is 10. The summed E-state index contributed by atoms with van der Waals surface area (Å²) in [5.41, 5.74) is 5.13. The van der Waals surface area contributed by atoms with Crippen molar-refractivity contribution in [3.8, 4) is 11.5 Å². The molecule has 31 heavy (non-hydrogen) atoms. The number of hydrogen-bond donors (Lipinski definition) is 1. The highest BCUT2D eigenvalue weighted by molar-refractivity contribution is 5.80. The second-order valence-corrected chi connectivity index (χ2v) is 7.19. The average molecular weight is 419 g/mol. The zero-order valence-electron chi connectivity index (χ0n) is 17.6.